The highest BCUT2D eigenvalue weighted by molar-refractivity contribution is 5.32. The lowest BCUT2D eigenvalue weighted by Gasteiger charge is -2.20. The van der Waals surface area contributed by atoms with Gasteiger partial charge in [-0.1, -0.05) is 0 Å². The lowest BCUT2D eigenvalue weighted by Crippen LogP contribution is -2.18. The third kappa shape index (κ3) is 2.04. The van der Waals surface area contributed by atoms with Crippen molar-refractivity contribution < 1.29 is 13.9 Å². The van der Waals surface area contributed by atoms with E-state index in [0.717, 1.165) is 12.1 Å². The summed E-state index contributed by atoms with van der Waals surface area (Å²) in [5.74, 6) is -1.29. The van der Waals surface area contributed by atoms with E-state index < -0.39 is 17.2 Å². The summed E-state index contributed by atoms with van der Waals surface area (Å²) in [7, 11) is 0. The molecule has 1 nitrogen and oxygen atoms in total. The summed E-state index contributed by atoms with van der Waals surface area (Å²) < 4.78 is 25.8. The van der Waals surface area contributed by atoms with E-state index >= 15 is 0 Å². The number of halogens is 2. The molecule has 0 heterocycles. The monoisotopic (exact) mass is 186 g/mol. The normalized spacial score (nSPS) is 11.8. The Hall–Kier alpha value is -0.960. The van der Waals surface area contributed by atoms with Gasteiger partial charge in [0, 0.05) is 6.07 Å². The van der Waals surface area contributed by atoms with Gasteiger partial charge >= 0.3 is 0 Å². The van der Waals surface area contributed by atoms with Crippen LogP contribution in [0, 0.1) is 18.6 Å². The number of hydrogen-bond acceptors (Lipinski definition) is 1. The summed E-state index contributed by atoms with van der Waals surface area (Å²) in [4.78, 5) is 0. The van der Waals surface area contributed by atoms with E-state index in [2.05, 4.69) is 0 Å². The first-order chi connectivity index (χ1) is 5.82. The van der Waals surface area contributed by atoms with E-state index in [0.29, 0.717) is 0 Å². The molecule has 0 saturated carbocycles. The molecular weight excluding hydrogens is 174 g/mol. The number of rotatable bonds is 1. The average molecular weight is 186 g/mol. The van der Waals surface area contributed by atoms with E-state index in [4.69, 9.17) is 0 Å². The minimum Gasteiger partial charge on any atom is -0.386 e. The fourth-order valence-corrected chi connectivity index (χ4v) is 1.28. The Kier molecular flexibility index (Phi) is 2.39. The van der Waals surface area contributed by atoms with Crippen LogP contribution in [0.1, 0.15) is 25.0 Å². The molecule has 0 amide bonds. The number of hydrogen-bond donors (Lipinski definition) is 1. The second-order valence-electron chi connectivity index (χ2n) is 3.62. The van der Waals surface area contributed by atoms with Crippen LogP contribution in [0.2, 0.25) is 0 Å². The SMILES string of the molecule is Cc1c(F)cc(F)cc1C(C)(C)O. The summed E-state index contributed by atoms with van der Waals surface area (Å²) in [6, 6.07) is 1.96. The van der Waals surface area contributed by atoms with Gasteiger partial charge in [0.05, 0.1) is 5.60 Å². The molecule has 0 aliphatic carbocycles. The molecule has 0 spiro atoms. The van der Waals surface area contributed by atoms with Crippen LogP contribution >= 0.6 is 0 Å². The van der Waals surface area contributed by atoms with Gasteiger partial charge in [-0.3, -0.25) is 0 Å². The van der Waals surface area contributed by atoms with E-state index in [1.54, 1.807) is 0 Å². The molecule has 0 aromatic heterocycles. The second kappa shape index (κ2) is 3.07. The summed E-state index contributed by atoms with van der Waals surface area (Å²) in [6.45, 7) is 4.50. The first-order valence-corrected chi connectivity index (χ1v) is 4.01. The smallest absolute Gasteiger partial charge is 0.129 e. The van der Waals surface area contributed by atoms with Crippen LogP contribution in [-0.4, -0.2) is 5.11 Å². The van der Waals surface area contributed by atoms with Gasteiger partial charge in [0.15, 0.2) is 0 Å². The van der Waals surface area contributed by atoms with E-state index in [-0.39, 0.29) is 11.1 Å². The Balaban J connectivity index is 3.37. The molecule has 0 aliphatic rings. The third-order valence-corrected chi connectivity index (χ3v) is 1.97. The lowest BCUT2D eigenvalue weighted by atomic mass is 9.93. The zero-order valence-corrected chi connectivity index (χ0v) is 7.86. The van der Waals surface area contributed by atoms with Gasteiger partial charge in [-0.15, -0.1) is 0 Å². The van der Waals surface area contributed by atoms with Crippen LogP contribution in [0.3, 0.4) is 0 Å². The Bertz CT molecular complexity index is 326. The molecule has 0 aliphatic heterocycles. The fourth-order valence-electron chi connectivity index (χ4n) is 1.28. The Morgan fingerprint density at radius 2 is 1.77 bits per heavy atom. The zero-order chi connectivity index (χ0) is 10.2. The molecule has 0 fully saturated rings. The van der Waals surface area contributed by atoms with Gasteiger partial charge in [0.1, 0.15) is 11.6 Å². The van der Waals surface area contributed by atoms with Crippen molar-refractivity contribution in [3.8, 4) is 0 Å². The van der Waals surface area contributed by atoms with Crippen LogP contribution < -0.4 is 0 Å². The molecule has 72 valence electrons. The molecular formula is C10H12F2O. The van der Waals surface area contributed by atoms with Crippen molar-refractivity contribution in [2.45, 2.75) is 26.4 Å². The molecule has 1 rings (SSSR count). The molecule has 0 bridgehead atoms. The summed E-state index contributed by atoms with van der Waals surface area (Å²) in [5.41, 5.74) is -0.647. The van der Waals surface area contributed by atoms with Crippen molar-refractivity contribution in [2.24, 2.45) is 0 Å². The standard InChI is InChI=1S/C10H12F2O/c1-6-8(10(2,3)13)4-7(11)5-9(6)12/h4-5,13H,1-3H3. The van der Waals surface area contributed by atoms with E-state index in [1.807, 2.05) is 0 Å². The average Bonchev–Trinajstić information content (AvgIpc) is 1.94. The quantitative estimate of drug-likeness (QED) is 0.714. The molecule has 0 radical (unpaired) electrons. The maximum absolute atomic E-state index is 13.0. The summed E-state index contributed by atoms with van der Waals surface area (Å²) in [6.07, 6.45) is 0. The molecule has 3 heteroatoms. The maximum atomic E-state index is 13.0. The summed E-state index contributed by atoms with van der Waals surface area (Å²) >= 11 is 0. The Morgan fingerprint density at radius 1 is 1.23 bits per heavy atom. The molecule has 0 unspecified atom stereocenters. The van der Waals surface area contributed by atoms with Crippen LogP contribution in [0.4, 0.5) is 8.78 Å². The van der Waals surface area contributed by atoms with Crippen molar-refractivity contribution in [1.29, 1.82) is 0 Å². The highest BCUT2D eigenvalue weighted by Crippen LogP contribution is 2.25. The van der Waals surface area contributed by atoms with Crippen LogP contribution in [0.15, 0.2) is 12.1 Å². The predicted octanol–water partition coefficient (Wildman–Crippen LogP) is 2.50. The maximum Gasteiger partial charge on any atom is 0.129 e. The molecule has 0 atom stereocenters. The van der Waals surface area contributed by atoms with Gasteiger partial charge in [0.25, 0.3) is 0 Å². The summed E-state index contributed by atoms with van der Waals surface area (Å²) in [5, 5.41) is 9.59. The van der Waals surface area contributed by atoms with Gasteiger partial charge in [-0.2, -0.15) is 0 Å². The third-order valence-electron chi connectivity index (χ3n) is 1.97. The van der Waals surface area contributed by atoms with Crippen molar-refractivity contribution >= 4 is 0 Å². The van der Waals surface area contributed by atoms with E-state index in [1.165, 1.54) is 20.8 Å². The van der Waals surface area contributed by atoms with Crippen molar-refractivity contribution in [1.82, 2.24) is 0 Å². The zero-order valence-electron chi connectivity index (χ0n) is 7.86. The van der Waals surface area contributed by atoms with Crippen molar-refractivity contribution in [3.63, 3.8) is 0 Å². The minimum absolute atomic E-state index is 0.282. The van der Waals surface area contributed by atoms with Gasteiger partial charge in [-0.25, -0.2) is 8.78 Å². The van der Waals surface area contributed by atoms with Crippen molar-refractivity contribution in [3.05, 3.63) is 34.9 Å². The highest BCUT2D eigenvalue weighted by atomic mass is 19.1. The lowest BCUT2D eigenvalue weighted by molar-refractivity contribution is 0.0771. The molecule has 1 N–H and O–H groups in total. The fraction of sp³-hybridized carbons (Fsp3) is 0.400. The van der Waals surface area contributed by atoms with Gasteiger partial charge in [0.2, 0.25) is 0 Å². The van der Waals surface area contributed by atoms with Crippen LogP contribution in [-0.2, 0) is 5.60 Å². The number of aliphatic hydroxyl groups is 1. The first-order valence-electron chi connectivity index (χ1n) is 4.01. The van der Waals surface area contributed by atoms with Crippen LogP contribution in [0.5, 0.6) is 0 Å². The van der Waals surface area contributed by atoms with Gasteiger partial charge < -0.3 is 5.11 Å². The van der Waals surface area contributed by atoms with E-state index in [9.17, 15) is 13.9 Å². The highest BCUT2D eigenvalue weighted by Gasteiger charge is 2.21. The number of benzene rings is 1. The van der Waals surface area contributed by atoms with Crippen molar-refractivity contribution in [2.75, 3.05) is 0 Å². The predicted molar refractivity (Wildman–Crippen MR) is 46.3 cm³/mol. The first kappa shape index (κ1) is 10.1. The Morgan fingerprint density at radius 3 is 2.23 bits per heavy atom. The van der Waals surface area contributed by atoms with Gasteiger partial charge in [-0.05, 0) is 38.0 Å². The molecule has 0 saturated heterocycles. The largest absolute Gasteiger partial charge is 0.386 e. The molecule has 13 heavy (non-hydrogen) atoms. The second-order valence-corrected chi connectivity index (χ2v) is 3.62. The Labute approximate surface area is 76.0 Å². The minimum atomic E-state index is -1.22. The molecule has 1 aromatic rings. The molecule has 1 aromatic carbocycles. The van der Waals surface area contributed by atoms with Crippen LogP contribution in [0.25, 0.3) is 0 Å². The topological polar surface area (TPSA) is 20.2 Å².